The number of guanidine groups is 1. The molecule has 8 heteroatoms. The molecule has 3 rings (SSSR count). The number of piperazine rings is 1. The summed E-state index contributed by atoms with van der Waals surface area (Å²) in [6, 6.07) is 11.2. The number of hydrogen-bond donors (Lipinski definition) is 2. The molecule has 0 atom stereocenters. The second-order valence-electron chi connectivity index (χ2n) is 6.06. The van der Waals surface area contributed by atoms with Crippen LogP contribution in [0.4, 0.5) is 5.82 Å². The number of hydrogen-bond acceptors (Lipinski definition) is 5. The predicted octanol–water partition coefficient (Wildman–Crippen LogP) is 2.31. The summed E-state index contributed by atoms with van der Waals surface area (Å²) in [5.41, 5.74) is 0.776. The van der Waals surface area contributed by atoms with Gasteiger partial charge in [-0.15, -0.1) is 24.0 Å². The molecule has 0 aliphatic carbocycles. The second kappa shape index (κ2) is 10.2. The molecule has 1 fully saturated rings. The molecule has 1 aliphatic rings. The molecular formula is C19H26IN5O2. The zero-order valence-corrected chi connectivity index (χ0v) is 18.0. The van der Waals surface area contributed by atoms with E-state index < -0.39 is 0 Å². The molecule has 0 amide bonds. The van der Waals surface area contributed by atoms with Crippen molar-refractivity contribution >= 4 is 35.8 Å². The van der Waals surface area contributed by atoms with Crippen molar-refractivity contribution in [2.75, 3.05) is 45.2 Å². The van der Waals surface area contributed by atoms with E-state index in [2.05, 4.69) is 25.1 Å². The minimum Gasteiger partial charge on any atom is -0.508 e. The molecule has 0 saturated carbocycles. The van der Waals surface area contributed by atoms with Crippen molar-refractivity contribution in [1.82, 2.24) is 15.2 Å². The highest BCUT2D eigenvalue weighted by atomic mass is 127. The van der Waals surface area contributed by atoms with Crippen LogP contribution in [-0.2, 0) is 6.54 Å². The molecule has 0 bridgehead atoms. The fraction of sp³-hybridized carbons (Fsp3) is 0.368. The van der Waals surface area contributed by atoms with Gasteiger partial charge in [0.1, 0.15) is 17.3 Å². The van der Waals surface area contributed by atoms with Gasteiger partial charge in [-0.05, 0) is 30.3 Å². The topological polar surface area (TPSA) is 73.2 Å². The summed E-state index contributed by atoms with van der Waals surface area (Å²) >= 11 is 0. The number of methoxy groups -OCH3 is 1. The highest BCUT2D eigenvalue weighted by molar-refractivity contribution is 14.0. The maximum atomic E-state index is 10.0. The monoisotopic (exact) mass is 483 g/mol. The summed E-state index contributed by atoms with van der Waals surface area (Å²) in [5.74, 6) is 2.80. The lowest BCUT2D eigenvalue weighted by atomic mass is 10.2. The zero-order valence-electron chi connectivity index (χ0n) is 15.6. The highest BCUT2D eigenvalue weighted by Gasteiger charge is 2.20. The molecule has 1 aromatic carbocycles. The molecule has 1 aromatic heterocycles. The van der Waals surface area contributed by atoms with Gasteiger partial charge in [-0.25, -0.2) is 4.98 Å². The molecule has 1 aliphatic heterocycles. The first-order valence-corrected chi connectivity index (χ1v) is 8.68. The third-order valence-corrected chi connectivity index (χ3v) is 4.49. The predicted molar refractivity (Wildman–Crippen MR) is 118 cm³/mol. The average Bonchev–Trinajstić information content (AvgIpc) is 2.71. The number of anilines is 1. The summed E-state index contributed by atoms with van der Waals surface area (Å²) in [6.07, 6.45) is 1.82. The molecule has 2 aromatic rings. The van der Waals surface area contributed by atoms with Crippen LogP contribution in [0.2, 0.25) is 0 Å². The van der Waals surface area contributed by atoms with Crippen LogP contribution in [0.3, 0.4) is 0 Å². The van der Waals surface area contributed by atoms with Crippen molar-refractivity contribution in [1.29, 1.82) is 0 Å². The molecule has 7 nitrogen and oxygen atoms in total. The highest BCUT2D eigenvalue weighted by Crippen LogP contribution is 2.22. The number of pyridine rings is 1. The number of aromatic hydroxyl groups is 1. The van der Waals surface area contributed by atoms with Gasteiger partial charge in [0.25, 0.3) is 0 Å². The largest absolute Gasteiger partial charge is 0.508 e. The molecule has 27 heavy (non-hydrogen) atoms. The molecule has 0 spiro atoms. The maximum absolute atomic E-state index is 10.0. The Labute approximate surface area is 177 Å². The molecule has 146 valence electrons. The lowest BCUT2D eigenvalue weighted by Crippen LogP contribution is -2.52. The second-order valence-corrected chi connectivity index (χ2v) is 6.06. The van der Waals surface area contributed by atoms with E-state index in [9.17, 15) is 5.11 Å². The van der Waals surface area contributed by atoms with E-state index in [0.29, 0.717) is 6.54 Å². The Morgan fingerprint density at radius 2 is 2.00 bits per heavy atom. The van der Waals surface area contributed by atoms with Crippen LogP contribution in [0.25, 0.3) is 0 Å². The smallest absolute Gasteiger partial charge is 0.194 e. The molecule has 1 saturated heterocycles. The van der Waals surface area contributed by atoms with Crippen LogP contribution in [0, 0.1) is 0 Å². The SMILES string of the molecule is CN=C(NCc1cc(OC)ccc1O)N1CCN(c2ccccn2)CC1.I. The van der Waals surface area contributed by atoms with E-state index in [-0.39, 0.29) is 29.7 Å². The quantitative estimate of drug-likeness (QED) is 0.395. The van der Waals surface area contributed by atoms with Gasteiger partial charge in [0.15, 0.2) is 5.96 Å². The fourth-order valence-electron chi connectivity index (χ4n) is 3.03. The number of rotatable bonds is 4. The number of benzene rings is 1. The first kappa shape index (κ1) is 21.1. The van der Waals surface area contributed by atoms with Crippen molar-refractivity contribution in [3.8, 4) is 11.5 Å². The van der Waals surface area contributed by atoms with E-state index in [1.54, 1.807) is 26.3 Å². The fourth-order valence-corrected chi connectivity index (χ4v) is 3.03. The number of phenols is 1. The van der Waals surface area contributed by atoms with Crippen LogP contribution in [0.5, 0.6) is 11.5 Å². The van der Waals surface area contributed by atoms with Crippen molar-refractivity contribution < 1.29 is 9.84 Å². The molecule has 0 radical (unpaired) electrons. The Morgan fingerprint density at radius 3 is 2.63 bits per heavy atom. The standard InChI is InChI=1S/C19H25N5O2.HI/c1-20-19(22-14-15-13-16(26-2)6-7-17(15)25)24-11-9-23(10-12-24)18-5-3-4-8-21-18;/h3-8,13,25H,9-12,14H2,1-2H3,(H,20,22);1H. The van der Waals surface area contributed by atoms with Crippen LogP contribution in [0.15, 0.2) is 47.6 Å². The first-order valence-electron chi connectivity index (χ1n) is 8.68. The Morgan fingerprint density at radius 1 is 1.22 bits per heavy atom. The minimum absolute atomic E-state index is 0. The van der Waals surface area contributed by atoms with E-state index in [4.69, 9.17) is 4.74 Å². The van der Waals surface area contributed by atoms with Gasteiger partial charge in [0, 0.05) is 51.5 Å². The van der Waals surface area contributed by atoms with E-state index in [1.165, 1.54) is 0 Å². The number of ether oxygens (including phenoxy) is 1. The number of phenolic OH excluding ortho intramolecular Hbond substituents is 1. The van der Waals surface area contributed by atoms with Gasteiger partial charge < -0.3 is 25.0 Å². The molecule has 2 heterocycles. The van der Waals surface area contributed by atoms with Gasteiger partial charge in [-0.3, -0.25) is 4.99 Å². The van der Waals surface area contributed by atoms with Gasteiger partial charge in [-0.2, -0.15) is 0 Å². The summed E-state index contributed by atoms with van der Waals surface area (Å²) in [5, 5.41) is 13.4. The van der Waals surface area contributed by atoms with Crippen molar-refractivity contribution in [3.05, 3.63) is 48.2 Å². The Bertz CT molecular complexity index is 749. The van der Waals surface area contributed by atoms with E-state index in [0.717, 1.165) is 49.3 Å². The lowest BCUT2D eigenvalue weighted by Gasteiger charge is -2.37. The van der Waals surface area contributed by atoms with Crippen molar-refractivity contribution in [2.24, 2.45) is 4.99 Å². The van der Waals surface area contributed by atoms with Gasteiger partial charge in [0.05, 0.1) is 7.11 Å². The number of nitrogens with zero attached hydrogens (tertiary/aromatic N) is 4. The lowest BCUT2D eigenvalue weighted by molar-refractivity contribution is 0.370. The van der Waals surface area contributed by atoms with Crippen molar-refractivity contribution in [3.63, 3.8) is 0 Å². The number of aromatic nitrogens is 1. The maximum Gasteiger partial charge on any atom is 0.194 e. The van der Waals surface area contributed by atoms with E-state index in [1.807, 2.05) is 30.5 Å². The van der Waals surface area contributed by atoms with Crippen LogP contribution in [-0.4, -0.2) is 61.3 Å². The summed E-state index contributed by atoms with van der Waals surface area (Å²) in [6.45, 7) is 3.99. The Hall–Kier alpha value is -2.23. The minimum atomic E-state index is 0. The number of halogens is 1. The molecule has 0 unspecified atom stereocenters. The zero-order chi connectivity index (χ0) is 18.4. The number of nitrogens with one attached hydrogen (secondary N) is 1. The Balaban J connectivity index is 0.00000261. The normalized spacial score (nSPS) is 14.5. The Kier molecular flexibility index (Phi) is 7.96. The summed E-state index contributed by atoms with van der Waals surface area (Å²) < 4.78 is 5.22. The van der Waals surface area contributed by atoms with Crippen molar-refractivity contribution in [2.45, 2.75) is 6.54 Å². The molecule has 2 N–H and O–H groups in total. The third kappa shape index (κ3) is 5.38. The first-order chi connectivity index (χ1) is 12.7. The average molecular weight is 483 g/mol. The molecular weight excluding hydrogens is 457 g/mol. The van der Waals surface area contributed by atoms with E-state index >= 15 is 0 Å². The third-order valence-electron chi connectivity index (χ3n) is 4.49. The van der Waals surface area contributed by atoms with Gasteiger partial charge >= 0.3 is 0 Å². The van der Waals surface area contributed by atoms with Gasteiger partial charge in [0.2, 0.25) is 0 Å². The van der Waals surface area contributed by atoms with Gasteiger partial charge in [-0.1, -0.05) is 6.07 Å². The van der Waals surface area contributed by atoms with Crippen LogP contribution in [0.1, 0.15) is 5.56 Å². The summed E-state index contributed by atoms with van der Waals surface area (Å²) in [4.78, 5) is 13.3. The summed E-state index contributed by atoms with van der Waals surface area (Å²) in [7, 11) is 3.39. The number of aliphatic imine (C=N–C) groups is 1. The van der Waals surface area contributed by atoms with Crippen LogP contribution >= 0.6 is 24.0 Å². The van der Waals surface area contributed by atoms with Crippen LogP contribution < -0.4 is 15.0 Å².